The molecule has 0 aromatic heterocycles. The Bertz CT molecular complexity index is 790. The van der Waals surface area contributed by atoms with Crippen molar-refractivity contribution in [1.29, 1.82) is 0 Å². The summed E-state index contributed by atoms with van der Waals surface area (Å²) in [6.07, 6.45) is 2.56. The van der Waals surface area contributed by atoms with Crippen LogP contribution in [0.3, 0.4) is 0 Å². The number of anilines is 1. The highest BCUT2D eigenvalue weighted by atomic mass is 35.5. The summed E-state index contributed by atoms with van der Waals surface area (Å²) in [5.74, 6) is 0.791. The van der Waals surface area contributed by atoms with Crippen molar-refractivity contribution in [2.45, 2.75) is 19.3 Å². The third-order valence-corrected chi connectivity index (χ3v) is 4.86. The lowest BCUT2D eigenvalue weighted by Crippen LogP contribution is -2.35. The second-order valence-electron chi connectivity index (χ2n) is 6.58. The van der Waals surface area contributed by atoms with Gasteiger partial charge in [0.05, 0.1) is 6.54 Å². The SMILES string of the molecule is CN(CCOc1ccc(Cl)cc1)C(=O)c1ccc(N2CCCCC2=O)cc1. The summed E-state index contributed by atoms with van der Waals surface area (Å²) < 4.78 is 5.63. The van der Waals surface area contributed by atoms with E-state index in [1.807, 2.05) is 12.1 Å². The molecule has 0 N–H and O–H groups in total. The maximum Gasteiger partial charge on any atom is 0.253 e. The molecule has 0 spiro atoms. The highest BCUT2D eigenvalue weighted by molar-refractivity contribution is 6.30. The second-order valence-corrected chi connectivity index (χ2v) is 7.01. The number of hydrogen-bond donors (Lipinski definition) is 0. The topological polar surface area (TPSA) is 49.9 Å². The fourth-order valence-corrected chi connectivity index (χ4v) is 3.14. The van der Waals surface area contributed by atoms with Crippen molar-refractivity contribution in [3.63, 3.8) is 0 Å². The summed E-state index contributed by atoms with van der Waals surface area (Å²) in [5.41, 5.74) is 1.45. The lowest BCUT2D eigenvalue weighted by atomic mass is 10.1. The first-order chi connectivity index (χ1) is 13.0. The Morgan fingerprint density at radius 3 is 2.48 bits per heavy atom. The molecule has 1 saturated heterocycles. The van der Waals surface area contributed by atoms with Crippen LogP contribution in [0.15, 0.2) is 48.5 Å². The normalized spacial score (nSPS) is 14.1. The van der Waals surface area contributed by atoms with Gasteiger partial charge < -0.3 is 14.5 Å². The van der Waals surface area contributed by atoms with Gasteiger partial charge in [-0.2, -0.15) is 0 Å². The van der Waals surface area contributed by atoms with Gasteiger partial charge in [-0.1, -0.05) is 11.6 Å². The summed E-state index contributed by atoms with van der Waals surface area (Å²) in [6, 6.07) is 14.4. The highest BCUT2D eigenvalue weighted by Gasteiger charge is 2.20. The highest BCUT2D eigenvalue weighted by Crippen LogP contribution is 2.21. The van der Waals surface area contributed by atoms with Crippen LogP contribution in [0.2, 0.25) is 5.02 Å². The van der Waals surface area contributed by atoms with E-state index in [1.54, 1.807) is 53.2 Å². The predicted octanol–water partition coefficient (Wildman–Crippen LogP) is 4.01. The van der Waals surface area contributed by atoms with Gasteiger partial charge in [0.2, 0.25) is 5.91 Å². The molecule has 0 radical (unpaired) electrons. The maximum absolute atomic E-state index is 12.6. The molecule has 0 unspecified atom stereocenters. The number of carbonyl (C=O) groups is 2. The quantitative estimate of drug-likeness (QED) is 0.753. The molecule has 5 nitrogen and oxygen atoms in total. The molecule has 0 atom stereocenters. The van der Waals surface area contributed by atoms with Gasteiger partial charge in [-0.15, -0.1) is 0 Å². The van der Waals surface area contributed by atoms with Crippen molar-refractivity contribution < 1.29 is 14.3 Å². The molecule has 2 aromatic carbocycles. The summed E-state index contributed by atoms with van der Waals surface area (Å²) in [5, 5.41) is 0.657. The zero-order valence-corrected chi connectivity index (χ0v) is 16.1. The van der Waals surface area contributed by atoms with E-state index >= 15 is 0 Å². The number of carbonyl (C=O) groups excluding carboxylic acids is 2. The molecule has 1 heterocycles. The fourth-order valence-electron chi connectivity index (χ4n) is 3.02. The van der Waals surface area contributed by atoms with Gasteiger partial charge in [-0.05, 0) is 61.4 Å². The van der Waals surface area contributed by atoms with E-state index in [0.717, 1.165) is 30.8 Å². The smallest absolute Gasteiger partial charge is 0.253 e. The van der Waals surface area contributed by atoms with Gasteiger partial charge in [-0.25, -0.2) is 0 Å². The van der Waals surface area contributed by atoms with E-state index in [0.29, 0.717) is 30.2 Å². The Balaban J connectivity index is 1.53. The number of piperidine rings is 1. The van der Waals surface area contributed by atoms with Gasteiger partial charge in [0, 0.05) is 36.3 Å². The van der Waals surface area contributed by atoms with Crippen molar-refractivity contribution in [3.8, 4) is 5.75 Å². The summed E-state index contributed by atoms with van der Waals surface area (Å²) in [7, 11) is 1.75. The average molecular weight is 387 g/mol. The molecule has 0 bridgehead atoms. The molecule has 2 amide bonds. The number of hydrogen-bond acceptors (Lipinski definition) is 3. The summed E-state index contributed by atoms with van der Waals surface area (Å²) in [6.45, 7) is 1.60. The van der Waals surface area contributed by atoms with E-state index < -0.39 is 0 Å². The Labute approximate surface area is 164 Å². The molecule has 0 aliphatic carbocycles. The largest absolute Gasteiger partial charge is 0.492 e. The number of ether oxygens (including phenoxy) is 1. The zero-order valence-electron chi connectivity index (χ0n) is 15.4. The number of benzene rings is 2. The van der Waals surface area contributed by atoms with Crippen LogP contribution in [0.1, 0.15) is 29.6 Å². The standard InChI is InChI=1S/C21H23ClN2O3/c1-23(14-15-27-19-11-7-17(22)8-12-19)21(26)16-5-9-18(10-6-16)24-13-3-2-4-20(24)25/h5-12H,2-4,13-15H2,1H3. The van der Waals surface area contributed by atoms with Crippen LogP contribution in [0.4, 0.5) is 5.69 Å². The molecule has 142 valence electrons. The maximum atomic E-state index is 12.6. The van der Waals surface area contributed by atoms with Crippen LogP contribution in [0, 0.1) is 0 Å². The van der Waals surface area contributed by atoms with Gasteiger partial charge in [0.15, 0.2) is 0 Å². The van der Waals surface area contributed by atoms with Crippen LogP contribution in [-0.4, -0.2) is 43.5 Å². The van der Waals surface area contributed by atoms with Gasteiger partial charge in [0.1, 0.15) is 12.4 Å². The molecular weight excluding hydrogens is 364 g/mol. The average Bonchev–Trinajstić information content (AvgIpc) is 2.69. The van der Waals surface area contributed by atoms with E-state index in [4.69, 9.17) is 16.3 Å². The lowest BCUT2D eigenvalue weighted by Gasteiger charge is -2.27. The monoisotopic (exact) mass is 386 g/mol. The van der Waals surface area contributed by atoms with E-state index in [9.17, 15) is 9.59 Å². The number of rotatable bonds is 6. The molecule has 1 fully saturated rings. The van der Waals surface area contributed by atoms with Crippen molar-refractivity contribution in [2.24, 2.45) is 0 Å². The number of nitrogens with zero attached hydrogens (tertiary/aromatic N) is 2. The Morgan fingerprint density at radius 1 is 1.11 bits per heavy atom. The molecule has 3 rings (SSSR count). The summed E-state index contributed by atoms with van der Waals surface area (Å²) in [4.78, 5) is 28.0. The molecule has 6 heteroatoms. The predicted molar refractivity (Wildman–Crippen MR) is 107 cm³/mol. The Morgan fingerprint density at radius 2 is 1.81 bits per heavy atom. The van der Waals surface area contributed by atoms with Crippen LogP contribution < -0.4 is 9.64 Å². The minimum Gasteiger partial charge on any atom is -0.492 e. The van der Waals surface area contributed by atoms with Crippen LogP contribution in [0.5, 0.6) is 5.75 Å². The van der Waals surface area contributed by atoms with Crippen molar-refractivity contribution in [3.05, 3.63) is 59.1 Å². The van der Waals surface area contributed by atoms with E-state index in [1.165, 1.54) is 0 Å². The third-order valence-electron chi connectivity index (χ3n) is 4.61. The minimum absolute atomic E-state index is 0.0776. The number of halogens is 1. The third kappa shape index (κ3) is 5.01. The number of amides is 2. The first-order valence-corrected chi connectivity index (χ1v) is 9.46. The second kappa shape index (κ2) is 8.91. The van der Waals surface area contributed by atoms with E-state index in [2.05, 4.69) is 0 Å². The van der Waals surface area contributed by atoms with Crippen molar-refractivity contribution in [2.75, 3.05) is 31.6 Å². The van der Waals surface area contributed by atoms with Crippen LogP contribution in [-0.2, 0) is 4.79 Å². The van der Waals surface area contributed by atoms with Crippen molar-refractivity contribution in [1.82, 2.24) is 4.90 Å². The van der Waals surface area contributed by atoms with E-state index in [-0.39, 0.29) is 11.8 Å². The first-order valence-electron chi connectivity index (χ1n) is 9.09. The van der Waals surface area contributed by atoms with Crippen LogP contribution in [0.25, 0.3) is 0 Å². The summed E-state index contributed by atoms with van der Waals surface area (Å²) >= 11 is 5.84. The van der Waals surface area contributed by atoms with Gasteiger partial charge in [-0.3, -0.25) is 9.59 Å². The van der Waals surface area contributed by atoms with Gasteiger partial charge in [0.25, 0.3) is 5.91 Å². The molecule has 1 aliphatic heterocycles. The zero-order chi connectivity index (χ0) is 19.2. The first kappa shape index (κ1) is 19.2. The molecular formula is C21H23ClN2O3. The van der Waals surface area contributed by atoms with Crippen molar-refractivity contribution >= 4 is 29.1 Å². The van der Waals surface area contributed by atoms with Crippen LogP contribution >= 0.6 is 11.6 Å². The fraction of sp³-hybridized carbons (Fsp3) is 0.333. The molecule has 1 aliphatic rings. The molecule has 2 aromatic rings. The molecule has 0 saturated carbocycles. The lowest BCUT2D eigenvalue weighted by molar-refractivity contribution is -0.119. The minimum atomic E-state index is -0.0776. The Hall–Kier alpha value is -2.53. The van der Waals surface area contributed by atoms with Gasteiger partial charge >= 0.3 is 0 Å². The molecule has 27 heavy (non-hydrogen) atoms. The number of likely N-dealkylation sites (N-methyl/N-ethyl adjacent to an activating group) is 1. The Kier molecular flexibility index (Phi) is 6.35.